The van der Waals surface area contributed by atoms with Crippen LogP contribution in [0.3, 0.4) is 0 Å². The van der Waals surface area contributed by atoms with Crippen molar-refractivity contribution >= 4 is 67.5 Å². The van der Waals surface area contributed by atoms with Crippen LogP contribution in [0.5, 0.6) is 0 Å². The van der Waals surface area contributed by atoms with Crippen LogP contribution in [0.15, 0.2) is 6.33 Å². The van der Waals surface area contributed by atoms with Crippen molar-refractivity contribution in [2.24, 2.45) is 5.73 Å². The van der Waals surface area contributed by atoms with Crippen LogP contribution < -0.4 is 15.8 Å². The van der Waals surface area contributed by atoms with E-state index in [9.17, 15) is 23.4 Å². The summed E-state index contributed by atoms with van der Waals surface area (Å²) in [5, 5.41) is 23.8. The predicted octanol–water partition coefficient (Wildman–Crippen LogP) is -1.45. The molecule has 17 heteroatoms. The molecule has 3 rings (SSSR count). The van der Waals surface area contributed by atoms with E-state index in [1.165, 1.54) is 22.7 Å². The number of anilines is 1. The summed E-state index contributed by atoms with van der Waals surface area (Å²) in [6.07, 6.45) is -1.76. The van der Waals surface area contributed by atoms with Crippen molar-refractivity contribution in [3.63, 3.8) is 0 Å². The monoisotopic (exact) mass is 617 g/mol. The maximum Gasteiger partial charge on any atom is 0.362 e. The summed E-state index contributed by atoms with van der Waals surface area (Å²) >= 11 is 3.39. The van der Waals surface area contributed by atoms with E-state index in [-0.39, 0.29) is 6.42 Å². The second-order valence-corrected chi connectivity index (χ2v) is 10.4. The van der Waals surface area contributed by atoms with Gasteiger partial charge in [0.15, 0.2) is 27.0 Å². The van der Waals surface area contributed by atoms with Crippen molar-refractivity contribution in [2.75, 3.05) is 31.0 Å². The second kappa shape index (κ2) is 10.9. The van der Waals surface area contributed by atoms with E-state index in [4.69, 9.17) is 14.7 Å². The van der Waals surface area contributed by atoms with Gasteiger partial charge in [-0.25, -0.2) is 19.7 Å². The van der Waals surface area contributed by atoms with Gasteiger partial charge >= 0.3 is 10.3 Å². The zero-order valence-electron chi connectivity index (χ0n) is 17.6. The molecule has 1 fully saturated rings. The fourth-order valence-corrected chi connectivity index (χ4v) is 4.84. The Morgan fingerprint density at radius 2 is 2.15 bits per heavy atom. The fraction of sp³-hybridized carbons (Fsp3) is 0.625. The maximum atomic E-state index is 12.1. The maximum absolute atomic E-state index is 12.1. The number of nitrogens with zero attached hydrogens (tertiary/aromatic N) is 4. The summed E-state index contributed by atoms with van der Waals surface area (Å²) in [6.45, 7) is -0.654. The summed E-state index contributed by atoms with van der Waals surface area (Å²) in [4.78, 5) is 24.7. The number of hydrogen-bond acceptors (Lipinski definition) is 13. The number of fused-ring (bicyclic) bond motifs is 1. The number of rotatable bonds is 10. The first-order valence-electron chi connectivity index (χ1n) is 9.63. The fourth-order valence-electron chi connectivity index (χ4n) is 3.11. The molecule has 1 aliphatic rings. The van der Waals surface area contributed by atoms with Gasteiger partial charge in [-0.3, -0.25) is 13.5 Å². The Balaban J connectivity index is 1.68. The molecule has 1 unspecified atom stereocenters. The van der Waals surface area contributed by atoms with E-state index < -0.39 is 53.4 Å². The van der Waals surface area contributed by atoms with E-state index in [0.29, 0.717) is 26.6 Å². The number of ether oxygens (including phenoxy) is 1. The average molecular weight is 617 g/mol. The molecule has 2 aromatic rings. The first kappa shape index (κ1) is 26.3. The van der Waals surface area contributed by atoms with E-state index in [1.807, 2.05) is 28.8 Å². The normalized spacial score (nSPS) is 24.2. The molecule has 0 bridgehead atoms. The van der Waals surface area contributed by atoms with Gasteiger partial charge in [-0.15, -0.1) is 0 Å². The lowest BCUT2D eigenvalue weighted by molar-refractivity contribution is -0.120. The van der Waals surface area contributed by atoms with Crippen molar-refractivity contribution in [1.29, 1.82) is 0 Å². The van der Waals surface area contributed by atoms with Crippen LogP contribution in [0.25, 0.3) is 11.2 Å². The molecule has 0 aromatic carbocycles. The molecule has 3 heterocycles. The SMILES string of the molecule is CNc1nc(I)nc2c1ncn2C1O[C@H](COS(=O)(=O)NC(=O)[C@@H](N)CCSC)[C@@H](O)[C@H]1O. The number of aliphatic hydroxyl groups excluding tert-OH is 2. The number of halogens is 1. The standard InChI is InChI=1S/C16H24IN7O7S2/c1-19-12-9-13(22-16(17)21-12)24(6-20-9)15-11(26)10(25)8(31-15)5-30-33(28,29)23-14(27)7(18)3-4-32-2/h6-8,10-11,15,25-26H,3-5,18H2,1-2H3,(H,23,27)(H,19,21,22)/t7-,8+,10+,11+,15?/m0/s1. The van der Waals surface area contributed by atoms with Gasteiger partial charge in [0.25, 0.3) is 5.91 Å². The molecule has 2 aromatic heterocycles. The Bertz CT molecular complexity index is 1100. The predicted molar refractivity (Wildman–Crippen MR) is 127 cm³/mol. The summed E-state index contributed by atoms with van der Waals surface area (Å²) in [5.74, 6) is 0.141. The Morgan fingerprint density at radius 3 is 2.82 bits per heavy atom. The van der Waals surface area contributed by atoms with E-state index in [2.05, 4.69) is 20.3 Å². The highest BCUT2D eigenvalue weighted by Gasteiger charge is 2.45. The average Bonchev–Trinajstić information content (AvgIpc) is 3.30. The molecular formula is C16H24IN7O7S2. The summed E-state index contributed by atoms with van der Waals surface area (Å²) in [6, 6.07) is -1.02. The third-order valence-electron chi connectivity index (χ3n) is 4.83. The number of thioether (sulfide) groups is 1. The number of amides is 1. The molecule has 0 aliphatic carbocycles. The van der Waals surface area contributed by atoms with Gasteiger partial charge in [0, 0.05) is 29.6 Å². The van der Waals surface area contributed by atoms with Crippen LogP contribution in [0, 0.1) is 3.83 Å². The minimum atomic E-state index is -4.51. The first-order chi connectivity index (χ1) is 15.6. The molecule has 14 nitrogen and oxygen atoms in total. The quantitative estimate of drug-likeness (QED) is 0.153. The number of carbonyl (C=O) groups excluding carboxylic acids is 1. The van der Waals surface area contributed by atoms with Crippen LogP contribution in [0.1, 0.15) is 12.6 Å². The van der Waals surface area contributed by atoms with Crippen LogP contribution in [0.4, 0.5) is 5.82 Å². The minimum Gasteiger partial charge on any atom is -0.387 e. The Labute approximate surface area is 207 Å². The summed E-state index contributed by atoms with van der Waals surface area (Å²) in [5.41, 5.74) is 6.42. The van der Waals surface area contributed by atoms with Crippen molar-refractivity contribution in [3.8, 4) is 0 Å². The van der Waals surface area contributed by atoms with E-state index in [1.54, 1.807) is 11.8 Å². The smallest absolute Gasteiger partial charge is 0.362 e. The summed E-state index contributed by atoms with van der Waals surface area (Å²) in [7, 11) is -2.84. The van der Waals surface area contributed by atoms with Crippen molar-refractivity contribution in [2.45, 2.75) is 37.0 Å². The van der Waals surface area contributed by atoms with Crippen molar-refractivity contribution in [3.05, 3.63) is 10.2 Å². The lowest BCUT2D eigenvalue weighted by Crippen LogP contribution is -2.45. The minimum absolute atomic E-state index is 0.289. The molecule has 184 valence electrons. The van der Waals surface area contributed by atoms with E-state index in [0.717, 1.165) is 0 Å². The van der Waals surface area contributed by atoms with E-state index >= 15 is 0 Å². The van der Waals surface area contributed by atoms with Gasteiger partial charge in [-0.05, 0) is 18.4 Å². The molecule has 1 amide bonds. The third kappa shape index (κ3) is 6.02. The number of carbonyl (C=O) groups is 1. The Hall–Kier alpha value is -1.35. The third-order valence-corrected chi connectivity index (χ3v) is 6.85. The number of imidazole rings is 1. The van der Waals surface area contributed by atoms with Gasteiger partial charge in [-0.1, -0.05) is 0 Å². The van der Waals surface area contributed by atoms with Gasteiger partial charge < -0.3 is 26.0 Å². The number of hydrogen-bond donors (Lipinski definition) is 5. The molecule has 0 saturated carbocycles. The van der Waals surface area contributed by atoms with Crippen LogP contribution in [-0.2, 0) is 24.0 Å². The highest BCUT2D eigenvalue weighted by molar-refractivity contribution is 14.1. The van der Waals surface area contributed by atoms with Gasteiger partial charge in [0.1, 0.15) is 18.3 Å². The van der Waals surface area contributed by atoms with Crippen molar-refractivity contribution in [1.82, 2.24) is 24.2 Å². The number of aliphatic hydroxyl groups is 2. The zero-order valence-corrected chi connectivity index (χ0v) is 21.4. The molecule has 1 aliphatic heterocycles. The summed E-state index contributed by atoms with van der Waals surface area (Å²) < 4.78 is 38.2. The van der Waals surface area contributed by atoms with Gasteiger partial charge in [0.05, 0.1) is 19.0 Å². The zero-order chi connectivity index (χ0) is 24.3. The Morgan fingerprint density at radius 1 is 1.42 bits per heavy atom. The van der Waals surface area contributed by atoms with Crippen LogP contribution in [-0.4, -0.2) is 94.1 Å². The molecule has 0 radical (unpaired) electrons. The molecular weight excluding hydrogens is 593 g/mol. The highest BCUT2D eigenvalue weighted by Crippen LogP contribution is 2.32. The number of aromatic nitrogens is 4. The van der Waals surface area contributed by atoms with Gasteiger partial charge in [-0.2, -0.15) is 20.2 Å². The lowest BCUT2D eigenvalue weighted by atomic mass is 10.1. The van der Waals surface area contributed by atoms with Crippen molar-refractivity contribution < 1.29 is 32.3 Å². The second-order valence-electron chi connectivity index (χ2n) is 7.05. The van der Waals surface area contributed by atoms with Gasteiger partial charge in [0.2, 0.25) is 0 Å². The molecule has 6 N–H and O–H groups in total. The van der Waals surface area contributed by atoms with Crippen LogP contribution in [0.2, 0.25) is 0 Å². The number of nitrogens with two attached hydrogens (primary N) is 1. The van der Waals surface area contributed by atoms with Crippen LogP contribution >= 0.6 is 34.4 Å². The molecule has 0 spiro atoms. The number of nitrogens with one attached hydrogen (secondary N) is 2. The largest absolute Gasteiger partial charge is 0.387 e. The Kier molecular flexibility index (Phi) is 8.70. The first-order valence-corrected chi connectivity index (χ1v) is 13.5. The molecule has 1 saturated heterocycles. The lowest BCUT2D eigenvalue weighted by Gasteiger charge is -2.17. The topological polar surface area (TPSA) is 204 Å². The molecule has 5 atom stereocenters. The molecule has 33 heavy (non-hydrogen) atoms. The highest BCUT2D eigenvalue weighted by atomic mass is 127.